The Balaban J connectivity index is 1.43. The number of nitro benzene ring substituents is 1. The number of nitrogens with one attached hydrogen (secondary N) is 2. The summed E-state index contributed by atoms with van der Waals surface area (Å²) in [4.78, 5) is 23.3. The SMILES string of the molecule is COc1cc(CNc2ccc(C(=O)NC3CC3)cc2[N+](=O)[O-])ccc1OCc1ccccc1. The van der Waals surface area contributed by atoms with Gasteiger partial charge in [-0.05, 0) is 48.2 Å². The molecule has 1 fully saturated rings. The number of nitro groups is 1. The van der Waals surface area contributed by atoms with E-state index in [9.17, 15) is 14.9 Å². The summed E-state index contributed by atoms with van der Waals surface area (Å²) in [5.74, 6) is 0.900. The zero-order valence-electron chi connectivity index (χ0n) is 18.2. The van der Waals surface area contributed by atoms with Crippen molar-refractivity contribution in [2.45, 2.75) is 32.0 Å². The van der Waals surface area contributed by atoms with Crippen molar-refractivity contribution in [2.24, 2.45) is 0 Å². The molecule has 0 aliphatic heterocycles. The maximum atomic E-state index is 12.2. The van der Waals surface area contributed by atoms with Crippen LogP contribution in [0, 0.1) is 10.1 Å². The summed E-state index contributed by atoms with van der Waals surface area (Å²) in [6.07, 6.45) is 1.90. The molecule has 8 nitrogen and oxygen atoms in total. The van der Waals surface area contributed by atoms with Crippen LogP contribution < -0.4 is 20.1 Å². The minimum atomic E-state index is -0.489. The second-order valence-corrected chi connectivity index (χ2v) is 7.85. The lowest BCUT2D eigenvalue weighted by molar-refractivity contribution is -0.384. The number of anilines is 1. The van der Waals surface area contributed by atoms with Crippen LogP contribution in [-0.2, 0) is 13.2 Å². The molecule has 0 spiro atoms. The van der Waals surface area contributed by atoms with Crippen molar-refractivity contribution in [2.75, 3.05) is 12.4 Å². The van der Waals surface area contributed by atoms with E-state index in [4.69, 9.17) is 9.47 Å². The minimum Gasteiger partial charge on any atom is -0.493 e. The lowest BCUT2D eigenvalue weighted by Crippen LogP contribution is -2.25. The third-order valence-corrected chi connectivity index (χ3v) is 5.32. The summed E-state index contributed by atoms with van der Waals surface area (Å²) in [7, 11) is 1.57. The van der Waals surface area contributed by atoms with Gasteiger partial charge >= 0.3 is 0 Å². The Bertz CT molecular complexity index is 1150. The molecular formula is C25H25N3O5. The molecular weight excluding hydrogens is 422 g/mol. The quantitative estimate of drug-likeness (QED) is 0.345. The lowest BCUT2D eigenvalue weighted by atomic mass is 10.1. The third kappa shape index (κ3) is 5.79. The number of carbonyl (C=O) groups is 1. The highest BCUT2D eigenvalue weighted by Crippen LogP contribution is 2.31. The number of nitrogens with zero attached hydrogens (tertiary/aromatic N) is 1. The fourth-order valence-electron chi connectivity index (χ4n) is 3.34. The van der Waals surface area contributed by atoms with E-state index in [1.807, 2.05) is 48.5 Å². The van der Waals surface area contributed by atoms with Crippen LogP contribution in [0.4, 0.5) is 11.4 Å². The molecule has 1 saturated carbocycles. The summed E-state index contributed by atoms with van der Waals surface area (Å²) < 4.78 is 11.3. The largest absolute Gasteiger partial charge is 0.493 e. The summed E-state index contributed by atoms with van der Waals surface area (Å²) in [6, 6.07) is 20.0. The Kier molecular flexibility index (Phi) is 6.73. The maximum absolute atomic E-state index is 12.2. The molecule has 8 heteroatoms. The number of carbonyl (C=O) groups excluding carboxylic acids is 1. The number of methoxy groups -OCH3 is 1. The van der Waals surface area contributed by atoms with Gasteiger partial charge in [-0.15, -0.1) is 0 Å². The topological polar surface area (TPSA) is 103 Å². The van der Waals surface area contributed by atoms with E-state index in [0.717, 1.165) is 24.0 Å². The van der Waals surface area contributed by atoms with Crippen LogP contribution in [0.15, 0.2) is 66.7 Å². The number of ether oxygens (including phenoxy) is 2. The van der Waals surface area contributed by atoms with Crippen molar-refractivity contribution < 1.29 is 19.2 Å². The van der Waals surface area contributed by atoms with Gasteiger partial charge in [-0.1, -0.05) is 36.4 Å². The number of rotatable bonds is 10. The smallest absolute Gasteiger partial charge is 0.293 e. The summed E-state index contributed by atoms with van der Waals surface area (Å²) in [5.41, 5.74) is 2.39. The fourth-order valence-corrected chi connectivity index (χ4v) is 3.34. The van der Waals surface area contributed by atoms with E-state index >= 15 is 0 Å². The Morgan fingerprint density at radius 3 is 2.52 bits per heavy atom. The van der Waals surface area contributed by atoms with E-state index in [1.54, 1.807) is 19.2 Å². The van der Waals surface area contributed by atoms with Crippen LogP contribution in [-0.4, -0.2) is 24.0 Å². The molecule has 0 saturated heterocycles. The molecule has 0 bridgehead atoms. The van der Waals surface area contributed by atoms with Gasteiger partial charge in [0.2, 0.25) is 0 Å². The van der Waals surface area contributed by atoms with Gasteiger partial charge in [0.1, 0.15) is 12.3 Å². The normalized spacial score (nSPS) is 12.6. The molecule has 3 aromatic rings. The molecule has 1 aliphatic rings. The number of hydrogen-bond acceptors (Lipinski definition) is 6. The van der Waals surface area contributed by atoms with Gasteiger partial charge in [0.15, 0.2) is 11.5 Å². The van der Waals surface area contributed by atoms with Crippen LogP contribution >= 0.6 is 0 Å². The molecule has 1 aliphatic carbocycles. The van der Waals surface area contributed by atoms with Crippen LogP contribution in [0.3, 0.4) is 0 Å². The summed E-state index contributed by atoms with van der Waals surface area (Å²) >= 11 is 0. The number of hydrogen-bond donors (Lipinski definition) is 2. The van der Waals surface area contributed by atoms with Crippen LogP contribution in [0.1, 0.15) is 34.3 Å². The first-order valence-electron chi connectivity index (χ1n) is 10.7. The van der Waals surface area contributed by atoms with E-state index in [0.29, 0.717) is 30.3 Å². The van der Waals surface area contributed by atoms with Crippen molar-refractivity contribution in [1.29, 1.82) is 0 Å². The predicted molar refractivity (Wildman–Crippen MR) is 125 cm³/mol. The Hall–Kier alpha value is -4.07. The lowest BCUT2D eigenvalue weighted by Gasteiger charge is -2.13. The van der Waals surface area contributed by atoms with Gasteiger partial charge in [0.05, 0.1) is 12.0 Å². The van der Waals surface area contributed by atoms with Crippen molar-refractivity contribution >= 4 is 17.3 Å². The second-order valence-electron chi connectivity index (χ2n) is 7.85. The van der Waals surface area contributed by atoms with Gasteiger partial charge < -0.3 is 20.1 Å². The zero-order chi connectivity index (χ0) is 23.2. The monoisotopic (exact) mass is 447 g/mol. The molecule has 4 rings (SSSR count). The third-order valence-electron chi connectivity index (χ3n) is 5.32. The molecule has 0 radical (unpaired) electrons. The molecule has 0 unspecified atom stereocenters. The Labute approximate surface area is 191 Å². The van der Waals surface area contributed by atoms with E-state index in [1.165, 1.54) is 6.07 Å². The van der Waals surface area contributed by atoms with Crippen molar-refractivity contribution in [3.63, 3.8) is 0 Å². The molecule has 3 aromatic carbocycles. The molecule has 170 valence electrons. The first-order chi connectivity index (χ1) is 16.0. The summed E-state index contributed by atoms with van der Waals surface area (Å²) in [5, 5.41) is 17.5. The first-order valence-corrected chi connectivity index (χ1v) is 10.7. The minimum absolute atomic E-state index is 0.145. The van der Waals surface area contributed by atoms with Crippen molar-refractivity contribution in [1.82, 2.24) is 5.32 Å². The Morgan fingerprint density at radius 1 is 1.03 bits per heavy atom. The van der Waals surface area contributed by atoms with Gasteiger partial charge in [-0.3, -0.25) is 14.9 Å². The predicted octanol–water partition coefficient (Wildman–Crippen LogP) is 4.69. The standard InChI is InChI=1S/C25H25N3O5/c1-32-24-13-18(7-12-23(24)33-16-17-5-3-2-4-6-17)15-26-21-11-8-19(14-22(21)28(30)31)25(29)27-20-9-10-20/h2-8,11-14,20,26H,9-10,15-16H2,1H3,(H,27,29). The van der Waals surface area contributed by atoms with Gasteiger partial charge in [-0.2, -0.15) is 0 Å². The first kappa shape index (κ1) is 22.1. The molecule has 0 atom stereocenters. The molecule has 0 aromatic heterocycles. The van der Waals surface area contributed by atoms with Crippen LogP contribution in [0.5, 0.6) is 11.5 Å². The molecule has 0 heterocycles. The van der Waals surface area contributed by atoms with E-state index < -0.39 is 4.92 Å². The van der Waals surface area contributed by atoms with Gasteiger partial charge in [0.25, 0.3) is 11.6 Å². The Morgan fingerprint density at radius 2 is 1.82 bits per heavy atom. The van der Waals surface area contributed by atoms with Gasteiger partial charge in [0, 0.05) is 24.2 Å². The zero-order valence-corrected chi connectivity index (χ0v) is 18.2. The highest BCUT2D eigenvalue weighted by molar-refractivity contribution is 5.96. The highest BCUT2D eigenvalue weighted by Gasteiger charge is 2.25. The van der Waals surface area contributed by atoms with Crippen molar-refractivity contribution in [3.05, 3.63) is 93.5 Å². The van der Waals surface area contributed by atoms with E-state index in [-0.39, 0.29) is 23.2 Å². The fraction of sp³-hybridized carbons (Fsp3) is 0.240. The highest BCUT2D eigenvalue weighted by atomic mass is 16.6. The summed E-state index contributed by atoms with van der Waals surface area (Å²) in [6.45, 7) is 0.755. The van der Waals surface area contributed by atoms with Crippen molar-refractivity contribution in [3.8, 4) is 11.5 Å². The second kappa shape index (κ2) is 10.0. The van der Waals surface area contributed by atoms with Crippen LogP contribution in [0.25, 0.3) is 0 Å². The maximum Gasteiger partial charge on any atom is 0.293 e. The van der Waals surface area contributed by atoms with Crippen LogP contribution in [0.2, 0.25) is 0 Å². The molecule has 2 N–H and O–H groups in total. The molecule has 1 amide bonds. The average Bonchev–Trinajstić information content (AvgIpc) is 3.66. The number of benzene rings is 3. The molecule has 33 heavy (non-hydrogen) atoms. The van der Waals surface area contributed by atoms with Gasteiger partial charge in [-0.25, -0.2) is 0 Å². The van der Waals surface area contributed by atoms with E-state index in [2.05, 4.69) is 10.6 Å². The average molecular weight is 447 g/mol. The number of amides is 1.